The molecule has 2 aromatic rings. The van der Waals surface area contributed by atoms with Gasteiger partial charge >= 0.3 is 0 Å². The molecule has 26 heavy (non-hydrogen) atoms. The van der Waals surface area contributed by atoms with Crippen molar-refractivity contribution < 1.29 is 10.0 Å². The van der Waals surface area contributed by atoms with E-state index < -0.39 is 5.41 Å². The Balaban J connectivity index is 2.00. The van der Waals surface area contributed by atoms with Gasteiger partial charge in [-0.15, -0.1) is 0 Å². The summed E-state index contributed by atoms with van der Waals surface area (Å²) in [7, 11) is 0. The minimum absolute atomic E-state index is 0.140. The smallest absolute Gasteiger partial charge is 0.251 e. The fourth-order valence-electron chi connectivity index (χ4n) is 2.55. The van der Waals surface area contributed by atoms with Crippen molar-refractivity contribution in [1.82, 2.24) is 5.06 Å². The van der Waals surface area contributed by atoms with E-state index >= 15 is 0 Å². The number of hydrogen-bond donors (Lipinski definition) is 2. The van der Waals surface area contributed by atoms with E-state index in [1.165, 1.54) is 5.56 Å². The van der Waals surface area contributed by atoms with Crippen molar-refractivity contribution in [3.8, 4) is 0 Å². The highest BCUT2D eigenvalue weighted by Gasteiger charge is 2.26. The fraction of sp³-hybridized carbons (Fsp3) is 0.409. The average Bonchev–Trinajstić information content (AvgIpc) is 2.54. The molecule has 140 valence electrons. The molecule has 2 aromatic carbocycles. The van der Waals surface area contributed by atoms with Crippen molar-refractivity contribution >= 4 is 17.3 Å². The molecule has 2 rings (SSSR count). The number of amides is 1. The van der Waals surface area contributed by atoms with Gasteiger partial charge in [0.2, 0.25) is 0 Å². The largest absolute Gasteiger partial charge is 0.356 e. The van der Waals surface area contributed by atoms with Gasteiger partial charge in [-0.3, -0.25) is 10.0 Å². The molecule has 0 atom stereocenters. The van der Waals surface area contributed by atoms with Gasteiger partial charge in [-0.2, -0.15) is 0 Å². The summed E-state index contributed by atoms with van der Waals surface area (Å²) in [5.74, 6) is -0.293. The Kier molecular flexibility index (Phi) is 5.77. The van der Waals surface area contributed by atoms with E-state index in [-0.39, 0.29) is 17.9 Å². The lowest BCUT2D eigenvalue weighted by Crippen LogP contribution is -2.36. The molecule has 0 radical (unpaired) electrons. The van der Waals surface area contributed by atoms with Gasteiger partial charge in [0.25, 0.3) is 5.91 Å². The van der Waals surface area contributed by atoms with Crippen LogP contribution in [-0.4, -0.2) is 16.2 Å². The summed E-state index contributed by atoms with van der Waals surface area (Å²) in [6.45, 7) is 12.1. The molecule has 0 bridgehead atoms. The maximum atomic E-state index is 12.0. The van der Waals surface area contributed by atoms with E-state index in [0.717, 1.165) is 22.0 Å². The quantitative estimate of drug-likeness (QED) is 0.564. The van der Waals surface area contributed by atoms with Crippen molar-refractivity contribution in [3.05, 3.63) is 59.7 Å². The highest BCUT2D eigenvalue weighted by Crippen LogP contribution is 2.25. The topological polar surface area (TPSA) is 52.6 Å². The molecule has 0 fully saturated rings. The van der Waals surface area contributed by atoms with Gasteiger partial charge in [0.05, 0.1) is 6.54 Å². The van der Waals surface area contributed by atoms with E-state index in [9.17, 15) is 10.0 Å². The average molecular weight is 354 g/mol. The number of hydroxylamine groups is 2. The van der Waals surface area contributed by atoms with Crippen molar-refractivity contribution in [2.24, 2.45) is 5.41 Å². The normalized spacial score (nSPS) is 12.0. The van der Waals surface area contributed by atoms with Gasteiger partial charge in [0.1, 0.15) is 0 Å². The Morgan fingerprint density at radius 1 is 0.885 bits per heavy atom. The molecule has 0 aliphatic rings. The zero-order valence-electron chi connectivity index (χ0n) is 16.6. The second-order valence-electron chi connectivity index (χ2n) is 8.76. The van der Waals surface area contributed by atoms with E-state index in [1.54, 1.807) is 20.8 Å². The minimum atomic E-state index is -0.602. The molecule has 0 spiro atoms. The molecular formula is C22H30N2O2. The standard InChI is InChI=1S/C22H30N2O2/c1-21(2,3)17-9-13-19(14-10-17)23-18-11-7-16(8-12-18)15-24(26)20(25)22(4,5)6/h7-14,23,26H,15H2,1-6H3. The van der Waals surface area contributed by atoms with Crippen molar-refractivity contribution in [2.75, 3.05) is 5.32 Å². The minimum Gasteiger partial charge on any atom is -0.356 e. The molecule has 4 nitrogen and oxygen atoms in total. The van der Waals surface area contributed by atoms with Gasteiger partial charge < -0.3 is 5.32 Å². The Labute approximate surface area is 156 Å². The third kappa shape index (κ3) is 5.33. The van der Waals surface area contributed by atoms with Crippen LogP contribution in [0.15, 0.2) is 48.5 Å². The van der Waals surface area contributed by atoms with Crippen LogP contribution in [0.5, 0.6) is 0 Å². The molecule has 0 saturated carbocycles. The summed E-state index contributed by atoms with van der Waals surface area (Å²) in [6, 6.07) is 16.1. The molecule has 4 heteroatoms. The Bertz CT molecular complexity index is 736. The van der Waals surface area contributed by atoms with Crippen molar-refractivity contribution in [2.45, 2.75) is 53.5 Å². The first-order valence-electron chi connectivity index (χ1n) is 8.94. The molecule has 0 saturated heterocycles. The third-order valence-electron chi connectivity index (χ3n) is 4.20. The Morgan fingerprint density at radius 2 is 1.35 bits per heavy atom. The number of anilines is 2. The zero-order chi connectivity index (χ0) is 19.5. The lowest BCUT2D eigenvalue weighted by atomic mass is 9.87. The van der Waals surface area contributed by atoms with Crippen LogP contribution < -0.4 is 5.32 Å². The van der Waals surface area contributed by atoms with Crippen LogP contribution in [0.1, 0.15) is 52.7 Å². The summed E-state index contributed by atoms with van der Waals surface area (Å²) >= 11 is 0. The van der Waals surface area contributed by atoms with Gasteiger partial charge in [0.15, 0.2) is 0 Å². The fourth-order valence-corrected chi connectivity index (χ4v) is 2.55. The summed E-state index contributed by atoms with van der Waals surface area (Å²) in [6.07, 6.45) is 0. The number of carbonyl (C=O) groups excluding carboxylic acids is 1. The molecule has 1 amide bonds. The first-order chi connectivity index (χ1) is 12.0. The Hall–Kier alpha value is -2.33. The van der Waals surface area contributed by atoms with Crippen LogP contribution in [0.3, 0.4) is 0 Å². The number of carbonyl (C=O) groups is 1. The van der Waals surface area contributed by atoms with Crippen LogP contribution in [0.4, 0.5) is 11.4 Å². The number of nitrogens with zero attached hydrogens (tertiary/aromatic N) is 1. The molecule has 0 heterocycles. The number of benzene rings is 2. The molecule has 0 aromatic heterocycles. The molecule has 2 N–H and O–H groups in total. The predicted octanol–water partition coefficient (Wildman–Crippen LogP) is 5.49. The summed E-state index contributed by atoms with van der Waals surface area (Å²) in [4.78, 5) is 12.0. The van der Waals surface area contributed by atoms with Crippen LogP contribution >= 0.6 is 0 Å². The Morgan fingerprint density at radius 3 is 1.77 bits per heavy atom. The monoisotopic (exact) mass is 354 g/mol. The predicted molar refractivity (Wildman–Crippen MR) is 107 cm³/mol. The molecule has 0 aliphatic heterocycles. The summed E-state index contributed by atoms with van der Waals surface area (Å²) in [5, 5.41) is 14.1. The summed E-state index contributed by atoms with van der Waals surface area (Å²) < 4.78 is 0. The van der Waals surface area contributed by atoms with Crippen molar-refractivity contribution in [1.29, 1.82) is 0 Å². The van der Waals surface area contributed by atoms with E-state index in [0.29, 0.717) is 0 Å². The maximum absolute atomic E-state index is 12.0. The zero-order valence-corrected chi connectivity index (χ0v) is 16.6. The van der Waals surface area contributed by atoms with Gasteiger partial charge in [-0.05, 0) is 40.8 Å². The van der Waals surface area contributed by atoms with Crippen LogP contribution in [0.25, 0.3) is 0 Å². The lowest BCUT2D eigenvalue weighted by molar-refractivity contribution is -0.177. The van der Waals surface area contributed by atoms with Gasteiger partial charge in [0, 0.05) is 16.8 Å². The highest BCUT2D eigenvalue weighted by atomic mass is 16.5. The highest BCUT2D eigenvalue weighted by molar-refractivity contribution is 5.80. The van der Waals surface area contributed by atoms with Gasteiger partial charge in [-0.25, -0.2) is 5.06 Å². The second kappa shape index (κ2) is 7.50. The van der Waals surface area contributed by atoms with E-state index in [2.05, 4.69) is 50.4 Å². The number of rotatable bonds is 4. The van der Waals surface area contributed by atoms with Gasteiger partial charge in [-0.1, -0.05) is 65.8 Å². The second-order valence-corrected chi connectivity index (χ2v) is 8.76. The number of hydrogen-bond acceptors (Lipinski definition) is 3. The van der Waals surface area contributed by atoms with E-state index in [1.807, 2.05) is 24.3 Å². The molecule has 0 unspecified atom stereocenters. The van der Waals surface area contributed by atoms with Crippen LogP contribution in [0.2, 0.25) is 0 Å². The molecule has 0 aliphatic carbocycles. The first kappa shape index (κ1) is 20.0. The molecular weight excluding hydrogens is 324 g/mol. The van der Waals surface area contributed by atoms with Crippen molar-refractivity contribution in [3.63, 3.8) is 0 Å². The number of nitrogens with one attached hydrogen (secondary N) is 1. The van der Waals surface area contributed by atoms with E-state index in [4.69, 9.17) is 0 Å². The first-order valence-corrected chi connectivity index (χ1v) is 8.94. The van der Waals surface area contributed by atoms with Crippen LogP contribution in [-0.2, 0) is 16.8 Å². The summed E-state index contributed by atoms with van der Waals surface area (Å²) in [5.41, 5.74) is 3.70. The third-order valence-corrected chi connectivity index (χ3v) is 4.20. The maximum Gasteiger partial charge on any atom is 0.251 e. The van der Waals surface area contributed by atoms with Crippen LogP contribution in [0, 0.1) is 5.41 Å². The SMILES string of the molecule is CC(C)(C)C(=O)N(O)Cc1ccc(Nc2ccc(C(C)(C)C)cc2)cc1. The lowest BCUT2D eigenvalue weighted by Gasteiger charge is -2.24.